The van der Waals surface area contributed by atoms with Gasteiger partial charge in [0, 0.05) is 13.1 Å². The van der Waals surface area contributed by atoms with Crippen LogP contribution in [0.15, 0.2) is 0 Å². The number of carboxylic acid groups (broad SMARTS) is 1. The third kappa shape index (κ3) is 2.26. The highest BCUT2D eigenvalue weighted by atomic mass is 16.5. The Labute approximate surface area is 118 Å². The quantitative estimate of drug-likeness (QED) is 0.815. The van der Waals surface area contributed by atoms with Gasteiger partial charge in [0.25, 0.3) is 0 Å². The summed E-state index contributed by atoms with van der Waals surface area (Å²) in [6, 6.07) is 0.0450. The van der Waals surface area contributed by atoms with Crippen LogP contribution in [0.4, 0.5) is 4.79 Å². The summed E-state index contributed by atoms with van der Waals surface area (Å²) < 4.78 is 5.68. The van der Waals surface area contributed by atoms with Crippen LogP contribution in [0.5, 0.6) is 0 Å². The summed E-state index contributed by atoms with van der Waals surface area (Å²) in [6.07, 6.45) is 5.54. The van der Waals surface area contributed by atoms with Gasteiger partial charge < -0.3 is 20.1 Å². The van der Waals surface area contributed by atoms with Crippen molar-refractivity contribution in [1.29, 1.82) is 0 Å². The zero-order chi connectivity index (χ0) is 14.2. The molecule has 2 saturated carbocycles. The molecule has 2 amide bonds. The highest BCUT2D eigenvalue weighted by Crippen LogP contribution is 2.40. The first-order chi connectivity index (χ1) is 9.62. The van der Waals surface area contributed by atoms with E-state index in [9.17, 15) is 14.7 Å². The second kappa shape index (κ2) is 5.24. The molecule has 1 saturated heterocycles. The van der Waals surface area contributed by atoms with Crippen LogP contribution >= 0.6 is 0 Å². The van der Waals surface area contributed by atoms with Crippen molar-refractivity contribution in [3.8, 4) is 0 Å². The fourth-order valence-electron chi connectivity index (χ4n) is 3.59. The first-order valence-electron chi connectivity index (χ1n) is 7.52. The molecule has 3 fully saturated rings. The molecule has 2 aliphatic carbocycles. The van der Waals surface area contributed by atoms with Crippen LogP contribution in [0.25, 0.3) is 0 Å². The molecule has 20 heavy (non-hydrogen) atoms. The van der Waals surface area contributed by atoms with E-state index in [2.05, 4.69) is 5.32 Å². The number of carbonyl (C=O) groups excluding carboxylic acids is 1. The van der Waals surface area contributed by atoms with Gasteiger partial charge in [-0.25, -0.2) is 4.79 Å². The largest absolute Gasteiger partial charge is 0.481 e. The van der Waals surface area contributed by atoms with Crippen LogP contribution in [0.2, 0.25) is 0 Å². The number of carboxylic acids is 1. The molecule has 0 aromatic rings. The Balaban J connectivity index is 1.57. The topological polar surface area (TPSA) is 78.9 Å². The molecule has 2 unspecified atom stereocenters. The monoisotopic (exact) mass is 282 g/mol. The van der Waals surface area contributed by atoms with E-state index in [-0.39, 0.29) is 24.7 Å². The zero-order valence-corrected chi connectivity index (χ0v) is 11.6. The van der Waals surface area contributed by atoms with Crippen molar-refractivity contribution in [1.82, 2.24) is 10.2 Å². The average Bonchev–Trinajstić information content (AvgIpc) is 2.84. The van der Waals surface area contributed by atoms with Gasteiger partial charge in [-0.1, -0.05) is 6.42 Å². The fraction of sp³-hybridized carbons (Fsp3) is 0.857. The number of amides is 2. The lowest BCUT2D eigenvalue weighted by Crippen LogP contribution is -2.57. The van der Waals surface area contributed by atoms with Crippen LogP contribution in [-0.4, -0.2) is 53.8 Å². The van der Waals surface area contributed by atoms with Crippen LogP contribution in [0.3, 0.4) is 0 Å². The maximum Gasteiger partial charge on any atom is 0.317 e. The van der Waals surface area contributed by atoms with E-state index in [1.807, 2.05) is 4.90 Å². The number of fused-ring (bicyclic) bond motifs is 1. The van der Waals surface area contributed by atoms with E-state index >= 15 is 0 Å². The number of rotatable bonds is 3. The SMILES string of the molecule is O=C(NCC1(C(=O)O)CCC1)N1CCOC2CCCC21. The van der Waals surface area contributed by atoms with Gasteiger partial charge in [0.1, 0.15) is 0 Å². The summed E-state index contributed by atoms with van der Waals surface area (Å²) in [5, 5.41) is 12.1. The van der Waals surface area contributed by atoms with Gasteiger partial charge in [0.2, 0.25) is 0 Å². The van der Waals surface area contributed by atoms with Gasteiger partial charge in [-0.3, -0.25) is 4.79 Å². The summed E-state index contributed by atoms with van der Waals surface area (Å²) in [5.74, 6) is -0.787. The van der Waals surface area contributed by atoms with Crippen molar-refractivity contribution in [2.24, 2.45) is 5.41 Å². The Bertz CT molecular complexity index is 408. The Hall–Kier alpha value is -1.30. The minimum atomic E-state index is -0.787. The summed E-state index contributed by atoms with van der Waals surface area (Å²) >= 11 is 0. The summed E-state index contributed by atoms with van der Waals surface area (Å²) in [6.45, 7) is 1.43. The number of nitrogens with zero attached hydrogens (tertiary/aromatic N) is 1. The second-order valence-corrected chi connectivity index (χ2v) is 6.20. The van der Waals surface area contributed by atoms with Gasteiger partial charge >= 0.3 is 12.0 Å². The molecule has 1 heterocycles. The molecule has 0 aromatic carbocycles. The number of carbonyl (C=O) groups is 2. The van der Waals surface area contributed by atoms with Gasteiger partial charge in [-0.05, 0) is 32.1 Å². The van der Waals surface area contributed by atoms with Crippen molar-refractivity contribution in [3.63, 3.8) is 0 Å². The maximum absolute atomic E-state index is 12.3. The lowest BCUT2D eigenvalue weighted by Gasteiger charge is -2.40. The zero-order valence-electron chi connectivity index (χ0n) is 11.6. The molecule has 0 radical (unpaired) electrons. The van der Waals surface area contributed by atoms with E-state index in [0.717, 1.165) is 25.7 Å². The molecule has 0 spiro atoms. The molecule has 2 N–H and O–H groups in total. The van der Waals surface area contributed by atoms with Gasteiger partial charge in [-0.2, -0.15) is 0 Å². The summed E-state index contributed by atoms with van der Waals surface area (Å²) in [4.78, 5) is 25.4. The Kier molecular flexibility index (Phi) is 3.58. The molecule has 1 aliphatic heterocycles. The molecule has 0 aromatic heterocycles. The van der Waals surface area contributed by atoms with E-state index < -0.39 is 11.4 Å². The minimum absolute atomic E-state index is 0.127. The lowest BCUT2D eigenvalue weighted by molar-refractivity contribution is -0.153. The molecular weight excluding hydrogens is 260 g/mol. The highest BCUT2D eigenvalue weighted by Gasteiger charge is 2.45. The van der Waals surface area contributed by atoms with Crippen LogP contribution in [0.1, 0.15) is 38.5 Å². The lowest BCUT2D eigenvalue weighted by atomic mass is 9.69. The number of morpholine rings is 1. The van der Waals surface area contributed by atoms with Crippen molar-refractivity contribution in [2.75, 3.05) is 19.7 Å². The van der Waals surface area contributed by atoms with Crippen LogP contribution in [-0.2, 0) is 9.53 Å². The molecular formula is C14H22N2O4. The Morgan fingerprint density at radius 2 is 2.10 bits per heavy atom. The number of urea groups is 1. The molecule has 6 heteroatoms. The number of hydrogen-bond donors (Lipinski definition) is 2. The smallest absolute Gasteiger partial charge is 0.317 e. The highest BCUT2D eigenvalue weighted by molar-refractivity contribution is 5.79. The Morgan fingerprint density at radius 3 is 2.75 bits per heavy atom. The van der Waals surface area contributed by atoms with Gasteiger partial charge in [-0.15, -0.1) is 0 Å². The molecule has 0 bridgehead atoms. The standard InChI is InChI=1S/C14H22N2O4/c17-12(18)14(5-2-6-14)9-15-13(19)16-7-8-20-11-4-1-3-10(11)16/h10-11H,1-9H2,(H,15,19)(H,17,18). The van der Waals surface area contributed by atoms with E-state index in [1.54, 1.807) is 0 Å². The van der Waals surface area contributed by atoms with E-state index in [1.165, 1.54) is 0 Å². The first-order valence-corrected chi connectivity index (χ1v) is 7.52. The second-order valence-electron chi connectivity index (χ2n) is 6.20. The summed E-state index contributed by atoms with van der Waals surface area (Å²) in [5.41, 5.74) is -0.725. The number of aliphatic carboxylic acids is 1. The van der Waals surface area contributed by atoms with Crippen molar-refractivity contribution in [3.05, 3.63) is 0 Å². The first kappa shape index (κ1) is 13.7. The minimum Gasteiger partial charge on any atom is -0.481 e. The fourth-order valence-corrected chi connectivity index (χ4v) is 3.59. The van der Waals surface area contributed by atoms with Crippen molar-refractivity contribution < 1.29 is 19.4 Å². The number of hydrogen-bond acceptors (Lipinski definition) is 3. The number of nitrogens with one attached hydrogen (secondary N) is 1. The predicted molar refractivity (Wildman–Crippen MR) is 71.4 cm³/mol. The van der Waals surface area contributed by atoms with Crippen molar-refractivity contribution in [2.45, 2.75) is 50.7 Å². The van der Waals surface area contributed by atoms with E-state index in [4.69, 9.17) is 4.74 Å². The third-order valence-electron chi connectivity index (χ3n) is 5.09. The molecule has 2 atom stereocenters. The van der Waals surface area contributed by atoms with Crippen LogP contribution < -0.4 is 5.32 Å². The average molecular weight is 282 g/mol. The normalized spacial score (nSPS) is 31.3. The number of ether oxygens (including phenoxy) is 1. The maximum atomic E-state index is 12.3. The summed E-state index contributed by atoms with van der Waals surface area (Å²) in [7, 11) is 0. The van der Waals surface area contributed by atoms with Crippen molar-refractivity contribution >= 4 is 12.0 Å². The predicted octanol–water partition coefficient (Wildman–Crippen LogP) is 1.20. The third-order valence-corrected chi connectivity index (χ3v) is 5.09. The molecule has 3 rings (SSSR count). The molecule has 3 aliphatic rings. The van der Waals surface area contributed by atoms with E-state index in [0.29, 0.717) is 26.0 Å². The molecule has 6 nitrogen and oxygen atoms in total. The van der Waals surface area contributed by atoms with Crippen LogP contribution in [0, 0.1) is 5.41 Å². The van der Waals surface area contributed by atoms with Gasteiger partial charge in [0.15, 0.2) is 0 Å². The molecule has 112 valence electrons. The van der Waals surface area contributed by atoms with Gasteiger partial charge in [0.05, 0.1) is 24.2 Å². The Morgan fingerprint density at radius 1 is 1.30 bits per heavy atom.